The van der Waals surface area contributed by atoms with Gasteiger partial charge in [-0.3, -0.25) is 9.78 Å². The van der Waals surface area contributed by atoms with Crippen LogP contribution < -0.4 is 11.2 Å². The van der Waals surface area contributed by atoms with Crippen molar-refractivity contribution in [3.8, 4) is 0 Å². The largest absolute Gasteiger partial charge is 0.390 e. The van der Waals surface area contributed by atoms with Crippen molar-refractivity contribution >= 4 is 0 Å². The third kappa shape index (κ3) is 2.87. The van der Waals surface area contributed by atoms with E-state index >= 15 is 0 Å². The Hall–Kier alpha value is -1.36. The molecule has 0 bridgehead atoms. The first-order valence-corrected chi connectivity index (χ1v) is 4.08. The summed E-state index contributed by atoms with van der Waals surface area (Å²) in [5.74, 6) is 0. The fraction of sp³-hybridized carbons (Fsp3) is 0.500. The Bertz CT molecular complexity index is 364. The molecular formula is C8H14N2O3. The van der Waals surface area contributed by atoms with Crippen LogP contribution in [0.1, 0.15) is 25.1 Å². The van der Waals surface area contributed by atoms with E-state index in [4.69, 9.17) is 5.11 Å². The minimum atomic E-state index is -0.593. The van der Waals surface area contributed by atoms with Gasteiger partial charge in [0.2, 0.25) is 0 Å². The minimum absolute atomic E-state index is 0.263. The van der Waals surface area contributed by atoms with Gasteiger partial charge < -0.3 is 10.1 Å². The van der Waals surface area contributed by atoms with E-state index in [-0.39, 0.29) is 12.3 Å². The van der Waals surface area contributed by atoms with Crippen LogP contribution in [0.4, 0.5) is 0 Å². The topological polar surface area (TPSA) is 85.9 Å². The molecule has 1 rings (SSSR count). The second-order valence-corrected chi connectivity index (χ2v) is 2.17. The Balaban J connectivity index is 0.000000671. The summed E-state index contributed by atoms with van der Waals surface area (Å²) in [7, 11) is 0. The number of rotatable bonds is 1. The lowest BCUT2D eigenvalue weighted by Gasteiger charge is -1.97. The summed E-state index contributed by atoms with van der Waals surface area (Å²) in [5.41, 5.74) is -0.451. The first-order valence-electron chi connectivity index (χ1n) is 4.08. The lowest BCUT2D eigenvalue weighted by atomic mass is 10.3. The molecule has 13 heavy (non-hydrogen) atoms. The third-order valence-electron chi connectivity index (χ3n) is 1.44. The van der Waals surface area contributed by atoms with Crippen LogP contribution >= 0.6 is 0 Å². The predicted octanol–water partition coefficient (Wildman–Crippen LogP) is -0.110. The molecular weight excluding hydrogens is 172 g/mol. The third-order valence-corrected chi connectivity index (χ3v) is 1.44. The zero-order chi connectivity index (χ0) is 10.4. The molecule has 0 atom stereocenters. The van der Waals surface area contributed by atoms with Crippen LogP contribution in [0, 0.1) is 6.92 Å². The maximum atomic E-state index is 10.8. The van der Waals surface area contributed by atoms with Crippen molar-refractivity contribution in [2.24, 2.45) is 0 Å². The molecule has 0 aliphatic heterocycles. The van der Waals surface area contributed by atoms with E-state index in [1.54, 1.807) is 0 Å². The zero-order valence-electron chi connectivity index (χ0n) is 7.97. The number of hydrogen-bond acceptors (Lipinski definition) is 3. The molecule has 1 heterocycles. The van der Waals surface area contributed by atoms with Crippen LogP contribution in [0.15, 0.2) is 9.59 Å². The van der Waals surface area contributed by atoms with Crippen molar-refractivity contribution < 1.29 is 5.11 Å². The Kier molecular flexibility index (Phi) is 4.76. The van der Waals surface area contributed by atoms with Gasteiger partial charge in [0.05, 0.1) is 12.3 Å². The highest BCUT2D eigenvalue weighted by Gasteiger charge is 2.01. The zero-order valence-corrected chi connectivity index (χ0v) is 7.97. The van der Waals surface area contributed by atoms with E-state index in [9.17, 15) is 9.59 Å². The molecule has 0 aliphatic carbocycles. The van der Waals surface area contributed by atoms with Gasteiger partial charge in [-0.1, -0.05) is 13.8 Å². The lowest BCUT2D eigenvalue weighted by molar-refractivity contribution is 0.275. The molecule has 0 aliphatic rings. The molecule has 1 aromatic rings. The number of hydrogen-bond donors (Lipinski definition) is 3. The average Bonchev–Trinajstić information content (AvgIpc) is 2.14. The molecule has 0 spiro atoms. The maximum Gasteiger partial charge on any atom is 0.325 e. The van der Waals surface area contributed by atoms with E-state index in [0.29, 0.717) is 5.56 Å². The van der Waals surface area contributed by atoms with Crippen molar-refractivity contribution in [1.82, 2.24) is 9.97 Å². The molecule has 0 aromatic carbocycles. The molecule has 74 valence electrons. The van der Waals surface area contributed by atoms with E-state index in [1.165, 1.54) is 6.92 Å². The monoisotopic (exact) mass is 186 g/mol. The number of aromatic nitrogens is 2. The smallest absolute Gasteiger partial charge is 0.325 e. The van der Waals surface area contributed by atoms with Gasteiger partial charge in [0, 0.05) is 5.56 Å². The summed E-state index contributed by atoms with van der Waals surface area (Å²) in [5, 5.41) is 8.64. The van der Waals surface area contributed by atoms with Gasteiger partial charge >= 0.3 is 5.69 Å². The SMILES string of the molecule is CC.Cc1c(CO)[nH]c(=O)[nH]c1=O. The molecule has 5 nitrogen and oxygen atoms in total. The van der Waals surface area contributed by atoms with Crippen LogP contribution in [0.5, 0.6) is 0 Å². The molecule has 1 aromatic heterocycles. The van der Waals surface area contributed by atoms with Crippen molar-refractivity contribution in [2.75, 3.05) is 0 Å². The Morgan fingerprint density at radius 3 is 2.23 bits per heavy atom. The first-order chi connectivity index (χ1) is 6.15. The average molecular weight is 186 g/mol. The molecule has 5 heteroatoms. The highest BCUT2D eigenvalue weighted by atomic mass is 16.3. The van der Waals surface area contributed by atoms with Crippen LogP contribution in [0.3, 0.4) is 0 Å². The molecule has 0 saturated carbocycles. The fourth-order valence-electron chi connectivity index (χ4n) is 0.754. The molecule has 0 fully saturated rings. The van der Waals surface area contributed by atoms with Crippen molar-refractivity contribution in [3.05, 3.63) is 32.1 Å². The van der Waals surface area contributed by atoms with Crippen molar-refractivity contribution in [2.45, 2.75) is 27.4 Å². The summed E-state index contributed by atoms with van der Waals surface area (Å²) in [6.07, 6.45) is 0. The van der Waals surface area contributed by atoms with Crippen molar-refractivity contribution in [3.63, 3.8) is 0 Å². The standard InChI is InChI=1S/C6H8N2O3.C2H6/c1-3-4(2-9)7-6(11)8-5(3)10;1-2/h9H,2H2,1H3,(H2,7,8,10,11);1-2H3. The molecule has 0 radical (unpaired) electrons. The number of aromatic amines is 2. The number of aliphatic hydroxyl groups excluding tert-OH is 1. The number of nitrogens with one attached hydrogen (secondary N) is 2. The normalized spacial score (nSPS) is 8.92. The molecule has 0 saturated heterocycles. The summed E-state index contributed by atoms with van der Waals surface area (Å²) in [4.78, 5) is 25.8. The Labute approximate surface area is 75.5 Å². The van der Waals surface area contributed by atoms with Gasteiger partial charge in [0.1, 0.15) is 0 Å². The first kappa shape index (κ1) is 11.6. The van der Waals surface area contributed by atoms with Gasteiger partial charge in [-0.05, 0) is 6.92 Å². The summed E-state index contributed by atoms with van der Waals surface area (Å²) in [6, 6.07) is 0. The van der Waals surface area contributed by atoms with Crippen molar-refractivity contribution in [1.29, 1.82) is 0 Å². The van der Waals surface area contributed by atoms with Crippen LogP contribution in [0.2, 0.25) is 0 Å². The summed E-state index contributed by atoms with van der Waals surface area (Å²) < 4.78 is 0. The lowest BCUT2D eigenvalue weighted by Crippen LogP contribution is -2.26. The van der Waals surface area contributed by atoms with Gasteiger partial charge in [0.25, 0.3) is 5.56 Å². The van der Waals surface area contributed by atoms with Crippen LogP contribution in [-0.4, -0.2) is 15.1 Å². The predicted molar refractivity (Wildman–Crippen MR) is 49.7 cm³/mol. The molecule has 0 unspecified atom stereocenters. The summed E-state index contributed by atoms with van der Waals surface area (Å²) in [6.45, 7) is 5.20. The molecule has 3 N–H and O–H groups in total. The second-order valence-electron chi connectivity index (χ2n) is 2.17. The minimum Gasteiger partial charge on any atom is -0.390 e. The van der Waals surface area contributed by atoms with E-state index in [1.807, 2.05) is 18.8 Å². The van der Waals surface area contributed by atoms with Crippen LogP contribution in [-0.2, 0) is 6.61 Å². The number of H-pyrrole nitrogens is 2. The van der Waals surface area contributed by atoms with Crippen LogP contribution in [0.25, 0.3) is 0 Å². The second kappa shape index (κ2) is 5.31. The maximum absolute atomic E-state index is 10.8. The van der Waals surface area contributed by atoms with Gasteiger partial charge in [-0.15, -0.1) is 0 Å². The quantitative estimate of drug-likeness (QED) is 0.572. The van der Waals surface area contributed by atoms with E-state index in [0.717, 1.165) is 0 Å². The number of aliphatic hydroxyl groups is 1. The molecule has 0 amide bonds. The van der Waals surface area contributed by atoms with Gasteiger partial charge in [0.15, 0.2) is 0 Å². The summed E-state index contributed by atoms with van der Waals surface area (Å²) >= 11 is 0. The fourth-order valence-corrected chi connectivity index (χ4v) is 0.754. The van der Waals surface area contributed by atoms with E-state index < -0.39 is 11.2 Å². The Morgan fingerprint density at radius 1 is 1.23 bits per heavy atom. The van der Waals surface area contributed by atoms with E-state index in [2.05, 4.69) is 4.98 Å². The Morgan fingerprint density at radius 2 is 1.77 bits per heavy atom. The highest BCUT2D eigenvalue weighted by Crippen LogP contribution is 1.92. The highest BCUT2D eigenvalue weighted by molar-refractivity contribution is 5.12. The van der Waals surface area contributed by atoms with Gasteiger partial charge in [-0.2, -0.15) is 0 Å². The van der Waals surface area contributed by atoms with Gasteiger partial charge in [-0.25, -0.2) is 4.79 Å².